The average molecular weight is 391 g/mol. The quantitative estimate of drug-likeness (QED) is 0.530. The maximum absolute atomic E-state index is 13.5. The molecule has 0 bridgehead atoms. The Kier molecular flexibility index (Phi) is 5.83. The monoisotopic (exact) mass is 391 g/mol. The van der Waals surface area contributed by atoms with Crippen LogP contribution < -0.4 is 0 Å². The first kappa shape index (κ1) is 20.1. The van der Waals surface area contributed by atoms with Crippen molar-refractivity contribution in [1.82, 2.24) is 9.29 Å². The van der Waals surface area contributed by atoms with E-state index in [4.69, 9.17) is 5.26 Å². The normalized spacial score (nSPS) is 13.5. The van der Waals surface area contributed by atoms with E-state index in [1.165, 1.54) is 25.5 Å². The molecule has 0 aliphatic carbocycles. The van der Waals surface area contributed by atoms with Gasteiger partial charge in [0, 0.05) is 17.3 Å². The molecule has 2 rings (SSSR count). The van der Waals surface area contributed by atoms with Crippen LogP contribution in [0.2, 0.25) is 0 Å². The lowest BCUT2D eigenvalue weighted by atomic mass is 10.0. The van der Waals surface area contributed by atoms with Gasteiger partial charge in [0.25, 0.3) is 0 Å². The Bertz CT molecular complexity index is 795. The summed E-state index contributed by atoms with van der Waals surface area (Å²) < 4.78 is 79.1. The second-order valence-electron chi connectivity index (χ2n) is 5.22. The fourth-order valence-corrected chi connectivity index (χ4v) is 3.18. The molecule has 1 heterocycles. The topological polar surface area (TPSA) is 39.9 Å². The van der Waals surface area contributed by atoms with Crippen molar-refractivity contribution in [3.8, 4) is 6.07 Å². The summed E-state index contributed by atoms with van der Waals surface area (Å²) in [4.78, 5) is 4.06. The van der Waals surface area contributed by atoms with Crippen molar-refractivity contribution in [2.45, 2.75) is 23.3 Å². The molecule has 1 aromatic heterocycles. The highest BCUT2D eigenvalue weighted by atomic mass is 32.2. The summed E-state index contributed by atoms with van der Waals surface area (Å²) in [6.07, 6.45) is -6.79. The molecule has 0 spiro atoms. The summed E-state index contributed by atoms with van der Waals surface area (Å²) in [6, 6.07) is 3.91. The van der Waals surface area contributed by atoms with Gasteiger partial charge in [-0.2, -0.15) is 31.6 Å². The first-order chi connectivity index (χ1) is 12.0. The minimum absolute atomic E-state index is 0.182. The highest BCUT2D eigenvalue weighted by Crippen LogP contribution is 2.42. The van der Waals surface area contributed by atoms with E-state index >= 15 is 0 Å². The van der Waals surface area contributed by atoms with Gasteiger partial charge in [0.15, 0.2) is 0 Å². The van der Waals surface area contributed by atoms with E-state index in [2.05, 4.69) is 4.98 Å². The average Bonchev–Trinajstić information content (AvgIpc) is 2.53. The van der Waals surface area contributed by atoms with E-state index < -0.39 is 24.0 Å². The number of benzene rings is 1. The molecule has 138 valence electrons. The molecular weight excluding hydrogens is 380 g/mol. The molecule has 0 fully saturated rings. The van der Waals surface area contributed by atoms with Crippen LogP contribution in [0.3, 0.4) is 0 Å². The smallest absolute Gasteiger partial charge is 0.262 e. The summed E-state index contributed by atoms with van der Waals surface area (Å²) in [5.74, 6) is 0. The predicted octanol–water partition coefficient (Wildman–Crippen LogP) is 5.21. The Morgan fingerprint density at radius 3 is 2.19 bits per heavy atom. The van der Waals surface area contributed by atoms with Gasteiger partial charge < -0.3 is 0 Å². The van der Waals surface area contributed by atoms with Gasteiger partial charge in [-0.15, -0.1) is 0 Å². The molecule has 0 saturated carbocycles. The molecule has 1 atom stereocenters. The molecule has 1 unspecified atom stereocenters. The Morgan fingerprint density at radius 2 is 1.69 bits per heavy atom. The van der Waals surface area contributed by atoms with Crippen LogP contribution in [0.5, 0.6) is 0 Å². The zero-order valence-corrected chi connectivity index (χ0v) is 14.0. The van der Waals surface area contributed by atoms with Gasteiger partial charge >= 0.3 is 12.4 Å². The number of alkyl halides is 6. The summed E-state index contributed by atoms with van der Waals surface area (Å²) in [5.41, 5.74) is -1.17. The molecule has 10 heteroatoms. The van der Waals surface area contributed by atoms with Gasteiger partial charge in [-0.25, -0.2) is 4.31 Å². The molecule has 0 aliphatic rings. The van der Waals surface area contributed by atoms with Crippen molar-refractivity contribution in [2.75, 3.05) is 7.05 Å². The van der Waals surface area contributed by atoms with Gasteiger partial charge in [-0.3, -0.25) is 4.98 Å². The van der Waals surface area contributed by atoms with E-state index in [1.54, 1.807) is 0 Å². The zero-order valence-electron chi connectivity index (χ0n) is 13.1. The number of halogens is 6. The third kappa shape index (κ3) is 4.89. The molecule has 0 aliphatic heterocycles. The van der Waals surface area contributed by atoms with Crippen LogP contribution in [0.4, 0.5) is 26.3 Å². The fourth-order valence-electron chi connectivity index (χ4n) is 2.21. The van der Waals surface area contributed by atoms with Crippen molar-refractivity contribution >= 4 is 11.9 Å². The molecule has 0 saturated heterocycles. The van der Waals surface area contributed by atoms with Gasteiger partial charge in [-0.1, -0.05) is 12.1 Å². The van der Waals surface area contributed by atoms with E-state index in [9.17, 15) is 26.3 Å². The van der Waals surface area contributed by atoms with Gasteiger partial charge in [0.1, 0.15) is 12.1 Å². The number of nitrogens with zero attached hydrogens (tertiary/aromatic N) is 3. The molecule has 2 aromatic rings. The van der Waals surface area contributed by atoms with Crippen LogP contribution in [-0.2, 0) is 6.18 Å². The first-order valence-corrected chi connectivity index (χ1v) is 7.79. The Morgan fingerprint density at radius 1 is 1.08 bits per heavy atom. The number of hydrogen-bond acceptors (Lipinski definition) is 4. The van der Waals surface area contributed by atoms with Crippen LogP contribution in [0.25, 0.3) is 0 Å². The van der Waals surface area contributed by atoms with E-state index in [1.807, 2.05) is 6.07 Å². The summed E-state index contributed by atoms with van der Waals surface area (Å²) >= 11 is 0.690. The second kappa shape index (κ2) is 7.55. The van der Waals surface area contributed by atoms with Gasteiger partial charge in [-0.05, 0) is 42.8 Å². The lowest BCUT2D eigenvalue weighted by Crippen LogP contribution is -2.32. The first-order valence-electron chi connectivity index (χ1n) is 7.02. The van der Waals surface area contributed by atoms with E-state index in [0.29, 0.717) is 29.0 Å². The lowest BCUT2D eigenvalue weighted by molar-refractivity contribution is -0.169. The Balaban J connectivity index is 2.31. The summed E-state index contributed by atoms with van der Waals surface area (Å²) in [6.45, 7) is 0. The van der Waals surface area contributed by atoms with Gasteiger partial charge in [0.2, 0.25) is 0 Å². The summed E-state index contributed by atoms with van der Waals surface area (Å²) in [7, 11) is 1.17. The fraction of sp³-hybridized carbons (Fsp3) is 0.250. The van der Waals surface area contributed by atoms with Crippen molar-refractivity contribution in [1.29, 1.82) is 5.26 Å². The maximum atomic E-state index is 13.5. The third-order valence-corrected chi connectivity index (χ3v) is 4.25. The zero-order chi connectivity index (χ0) is 19.5. The van der Waals surface area contributed by atoms with E-state index in [0.717, 1.165) is 16.4 Å². The minimum atomic E-state index is -4.72. The van der Waals surface area contributed by atoms with Crippen molar-refractivity contribution < 1.29 is 26.3 Å². The van der Waals surface area contributed by atoms with Crippen molar-refractivity contribution in [3.63, 3.8) is 0 Å². The van der Waals surface area contributed by atoms with Crippen LogP contribution >= 0.6 is 11.9 Å². The number of pyridine rings is 1. The maximum Gasteiger partial charge on any atom is 0.416 e. The minimum Gasteiger partial charge on any atom is -0.262 e. The Labute approximate surface area is 149 Å². The summed E-state index contributed by atoms with van der Waals surface area (Å²) in [5, 5.41) is 8.82. The van der Waals surface area contributed by atoms with Gasteiger partial charge in [0.05, 0.1) is 11.1 Å². The number of nitriles is 1. The van der Waals surface area contributed by atoms with Crippen LogP contribution in [0.1, 0.15) is 22.7 Å². The lowest BCUT2D eigenvalue weighted by Gasteiger charge is -2.29. The third-order valence-electron chi connectivity index (χ3n) is 3.32. The SMILES string of the molecule is CN(Sc1cncc(C#N)c1)C(c1ccc(C(F)(F)F)cc1)C(F)(F)F. The standard InChI is InChI=1S/C16H11F6N3S/c1-25(26-13-6-10(7-23)8-24-9-13)14(16(20,21)22)11-2-4-12(5-3-11)15(17,18)19/h2-6,8-9,14H,1H3. The van der Waals surface area contributed by atoms with Crippen LogP contribution in [0.15, 0.2) is 47.6 Å². The van der Waals surface area contributed by atoms with Crippen molar-refractivity contribution in [3.05, 3.63) is 59.4 Å². The molecule has 0 amide bonds. The number of hydrogen-bond donors (Lipinski definition) is 0. The van der Waals surface area contributed by atoms with E-state index in [-0.39, 0.29) is 11.1 Å². The molecule has 0 radical (unpaired) electrons. The van der Waals surface area contributed by atoms with Crippen LogP contribution in [-0.4, -0.2) is 22.5 Å². The second-order valence-corrected chi connectivity index (χ2v) is 6.45. The Hall–Kier alpha value is -2.25. The highest BCUT2D eigenvalue weighted by Gasteiger charge is 2.44. The predicted molar refractivity (Wildman–Crippen MR) is 82.8 cm³/mol. The largest absolute Gasteiger partial charge is 0.416 e. The molecule has 1 aromatic carbocycles. The molecular formula is C16H11F6N3S. The number of rotatable bonds is 4. The highest BCUT2D eigenvalue weighted by molar-refractivity contribution is 7.97. The molecule has 26 heavy (non-hydrogen) atoms. The number of aromatic nitrogens is 1. The molecule has 3 nitrogen and oxygen atoms in total. The van der Waals surface area contributed by atoms with Crippen molar-refractivity contribution in [2.24, 2.45) is 0 Å². The molecule has 0 N–H and O–H groups in total. The van der Waals surface area contributed by atoms with Crippen LogP contribution in [0, 0.1) is 11.3 Å².